The van der Waals surface area contributed by atoms with Gasteiger partial charge in [-0.2, -0.15) is 0 Å². The minimum Gasteiger partial charge on any atom is -0.316 e. The largest absolute Gasteiger partial charge is 0.316 e. The fraction of sp³-hybridized carbons (Fsp3) is 0.923. The molecule has 2 fully saturated rings. The Hall–Kier alpha value is 0.400. The average Bonchev–Trinajstić information content (AvgIpc) is 2.81. The third-order valence-corrected chi connectivity index (χ3v) is 5.24. The Morgan fingerprint density at radius 2 is 1.81 bits per heavy atom. The van der Waals surface area contributed by atoms with E-state index < -0.39 is 0 Å². The summed E-state index contributed by atoms with van der Waals surface area (Å²) in [7, 11) is 2.09. The molecule has 3 unspecified atom stereocenters. The van der Waals surface area contributed by atoms with Crippen molar-refractivity contribution < 1.29 is 0 Å². The van der Waals surface area contributed by atoms with Crippen molar-refractivity contribution in [2.45, 2.75) is 51.0 Å². The van der Waals surface area contributed by atoms with Crippen LogP contribution in [0.5, 0.6) is 0 Å². The summed E-state index contributed by atoms with van der Waals surface area (Å²) < 4.78 is 0.919. The second-order valence-corrected chi connectivity index (χ2v) is 6.62. The third kappa shape index (κ3) is 2.62. The summed E-state index contributed by atoms with van der Waals surface area (Å²) in [6, 6.07) is 0.585. The van der Waals surface area contributed by atoms with Gasteiger partial charge < -0.3 is 5.32 Å². The molecule has 92 valence electrons. The predicted octanol–water partition coefficient (Wildman–Crippen LogP) is 3.44. The van der Waals surface area contributed by atoms with Crippen LogP contribution in [0.15, 0.2) is 0 Å². The summed E-state index contributed by atoms with van der Waals surface area (Å²) in [6.45, 7) is 0. The predicted molar refractivity (Wildman–Crippen MR) is 77.2 cm³/mol. The second-order valence-electron chi connectivity index (χ2n) is 5.40. The summed E-state index contributed by atoms with van der Waals surface area (Å²) in [5.41, 5.74) is 0. The van der Waals surface area contributed by atoms with Gasteiger partial charge >= 0.3 is 0 Å². The van der Waals surface area contributed by atoms with Crippen LogP contribution in [0.4, 0.5) is 0 Å². The van der Waals surface area contributed by atoms with Crippen LogP contribution < -0.4 is 5.32 Å². The SMILES string of the molecule is CNC1C(C(=S)S)CCCC1C1CCCC1. The molecule has 3 heteroatoms. The molecule has 3 atom stereocenters. The van der Waals surface area contributed by atoms with Gasteiger partial charge in [0.25, 0.3) is 0 Å². The number of rotatable bonds is 3. The Kier molecular flexibility index (Phi) is 4.68. The van der Waals surface area contributed by atoms with Crippen molar-refractivity contribution in [1.82, 2.24) is 5.32 Å². The molecule has 2 aliphatic rings. The van der Waals surface area contributed by atoms with Crippen molar-refractivity contribution in [2.75, 3.05) is 7.05 Å². The molecule has 0 aliphatic heterocycles. The molecule has 0 aromatic heterocycles. The normalized spacial score (nSPS) is 36.5. The Balaban J connectivity index is 2.07. The van der Waals surface area contributed by atoms with Crippen molar-refractivity contribution in [2.24, 2.45) is 17.8 Å². The molecule has 0 aromatic rings. The van der Waals surface area contributed by atoms with E-state index in [1.165, 1.54) is 44.9 Å². The zero-order valence-electron chi connectivity index (χ0n) is 10.1. The molecular formula is C13H23NS2. The Morgan fingerprint density at radius 3 is 2.38 bits per heavy atom. The fourth-order valence-electron chi connectivity index (χ4n) is 3.84. The molecule has 0 spiro atoms. The van der Waals surface area contributed by atoms with E-state index in [0.717, 1.165) is 16.0 Å². The van der Waals surface area contributed by atoms with Gasteiger partial charge in [-0.05, 0) is 31.7 Å². The molecule has 2 rings (SSSR count). The lowest BCUT2D eigenvalue weighted by Gasteiger charge is -2.40. The first kappa shape index (κ1) is 12.8. The van der Waals surface area contributed by atoms with Gasteiger partial charge in [0.05, 0.1) is 0 Å². The third-order valence-electron chi connectivity index (χ3n) is 4.60. The van der Waals surface area contributed by atoms with Gasteiger partial charge in [0.1, 0.15) is 0 Å². The maximum atomic E-state index is 5.31. The summed E-state index contributed by atoms with van der Waals surface area (Å²) >= 11 is 9.74. The zero-order chi connectivity index (χ0) is 11.5. The number of hydrogen-bond acceptors (Lipinski definition) is 2. The standard InChI is InChI=1S/C13H23NS2/c1-14-12-10(9-5-2-3-6-9)7-4-8-11(12)13(15)16/h9-12,14H,2-8H2,1H3,(H,15,16). The van der Waals surface area contributed by atoms with Crippen molar-refractivity contribution in [3.8, 4) is 0 Å². The molecule has 0 radical (unpaired) electrons. The van der Waals surface area contributed by atoms with E-state index in [0.29, 0.717) is 12.0 Å². The molecule has 0 bridgehead atoms. The monoisotopic (exact) mass is 257 g/mol. The quantitative estimate of drug-likeness (QED) is 0.593. The zero-order valence-corrected chi connectivity index (χ0v) is 11.8. The van der Waals surface area contributed by atoms with E-state index in [2.05, 4.69) is 25.0 Å². The minimum absolute atomic E-state index is 0.516. The molecule has 0 heterocycles. The first-order valence-corrected chi connectivity index (χ1v) is 7.49. The molecule has 0 aromatic carbocycles. The van der Waals surface area contributed by atoms with Gasteiger partial charge in [-0.25, -0.2) is 0 Å². The Morgan fingerprint density at radius 1 is 1.12 bits per heavy atom. The van der Waals surface area contributed by atoms with Crippen molar-refractivity contribution in [3.63, 3.8) is 0 Å². The molecule has 1 nitrogen and oxygen atoms in total. The first-order chi connectivity index (χ1) is 7.74. The highest BCUT2D eigenvalue weighted by molar-refractivity contribution is 8.11. The summed E-state index contributed by atoms with van der Waals surface area (Å²) in [5, 5.41) is 3.53. The van der Waals surface area contributed by atoms with E-state index >= 15 is 0 Å². The molecule has 16 heavy (non-hydrogen) atoms. The maximum absolute atomic E-state index is 5.31. The maximum Gasteiger partial charge on any atom is 0.0494 e. The van der Waals surface area contributed by atoms with Crippen LogP contribution >= 0.6 is 24.8 Å². The minimum atomic E-state index is 0.516. The first-order valence-electron chi connectivity index (χ1n) is 6.64. The lowest BCUT2D eigenvalue weighted by atomic mass is 9.71. The van der Waals surface area contributed by atoms with Crippen LogP contribution in [0.25, 0.3) is 0 Å². The van der Waals surface area contributed by atoms with Crippen LogP contribution in [-0.2, 0) is 0 Å². The van der Waals surface area contributed by atoms with E-state index in [-0.39, 0.29) is 0 Å². The van der Waals surface area contributed by atoms with Gasteiger partial charge in [-0.15, -0.1) is 12.6 Å². The van der Waals surface area contributed by atoms with Crippen molar-refractivity contribution in [3.05, 3.63) is 0 Å². The summed E-state index contributed by atoms with van der Waals surface area (Å²) in [6.07, 6.45) is 9.72. The van der Waals surface area contributed by atoms with Crippen LogP contribution in [0, 0.1) is 17.8 Å². The van der Waals surface area contributed by atoms with E-state index in [9.17, 15) is 0 Å². The molecular weight excluding hydrogens is 234 g/mol. The molecule has 2 aliphatic carbocycles. The lowest BCUT2D eigenvalue weighted by molar-refractivity contribution is 0.170. The molecule has 0 saturated heterocycles. The highest BCUT2D eigenvalue weighted by Crippen LogP contribution is 2.42. The van der Waals surface area contributed by atoms with E-state index in [1.54, 1.807) is 0 Å². The Bertz CT molecular complexity index is 248. The second kappa shape index (κ2) is 5.83. The number of thiol groups is 1. The van der Waals surface area contributed by atoms with Crippen LogP contribution in [-0.4, -0.2) is 17.3 Å². The van der Waals surface area contributed by atoms with Gasteiger partial charge in [0.2, 0.25) is 0 Å². The Labute approximate surface area is 110 Å². The highest BCUT2D eigenvalue weighted by Gasteiger charge is 2.38. The molecule has 0 amide bonds. The smallest absolute Gasteiger partial charge is 0.0494 e. The van der Waals surface area contributed by atoms with Crippen LogP contribution in [0.2, 0.25) is 0 Å². The lowest BCUT2D eigenvalue weighted by Crippen LogP contribution is -2.47. The molecule has 2 saturated carbocycles. The fourth-order valence-corrected chi connectivity index (χ4v) is 4.39. The van der Waals surface area contributed by atoms with Gasteiger partial charge in [0.15, 0.2) is 0 Å². The topological polar surface area (TPSA) is 12.0 Å². The summed E-state index contributed by atoms with van der Waals surface area (Å²) in [5.74, 6) is 2.31. The average molecular weight is 257 g/mol. The van der Waals surface area contributed by atoms with Crippen molar-refractivity contribution >= 4 is 29.0 Å². The molecule has 1 N–H and O–H groups in total. The van der Waals surface area contributed by atoms with Crippen LogP contribution in [0.3, 0.4) is 0 Å². The van der Waals surface area contributed by atoms with E-state index in [1.807, 2.05) is 0 Å². The van der Waals surface area contributed by atoms with Gasteiger partial charge in [-0.3, -0.25) is 0 Å². The van der Waals surface area contributed by atoms with Crippen molar-refractivity contribution in [1.29, 1.82) is 0 Å². The number of thiocarbonyl (C=S) groups is 1. The number of hydrogen-bond donors (Lipinski definition) is 2. The van der Waals surface area contributed by atoms with Gasteiger partial charge in [-0.1, -0.05) is 44.3 Å². The number of nitrogens with one attached hydrogen (secondary N) is 1. The highest BCUT2D eigenvalue weighted by atomic mass is 32.1. The van der Waals surface area contributed by atoms with Crippen LogP contribution in [0.1, 0.15) is 44.9 Å². The van der Waals surface area contributed by atoms with E-state index in [4.69, 9.17) is 12.2 Å². The van der Waals surface area contributed by atoms with Gasteiger partial charge in [0, 0.05) is 16.2 Å². The summed E-state index contributed by atoms with van der Waals surface area (Å²) in [4.78, 5) is 0.